The molecule has 0 saturated heterocycles. The number of halogens is 1. The van der Waals surface area contributed by atoms with Crippen LogP contribution >= 0.6 is 0 Å². The zero-order chi connectivity index (χ0) is 11.4. The first-order valence-electron chi connectivity index (χ1n) is 4.89. The van der Waals surface area contributed by atoms with Crippen molar-refractivity contribution >= 4 is 6.29 Å². The third-order valence-electron chi connectivity index (χ3n) is 2.69. The van der Waals surface area contributed by atoms with E-state index in [9.17, 15) is 9.18 Å². The summed E-state index contributed by atoms with van der Waals surface area (Å²) >= 11 is 0. The van der Waals surface area contributed by atoms with Gasteiger partial charge in [-0.15, -0.1) is 0 Å². The highest BCUT2D eigenvalue weighted by Crippen LogP contribution is 2.31. The van der Waals surface area contributed by atoms with Crippen molar-refractivity contribution in [3.8, 4) is 5.75 Å². The van der Waals surface area contributed by atoms with E-state index in [2.05, 4.69) is 0 Å². The van der Waals surface area contributed by atoms with Crippen molar-refractivity contribution in [1.29, 1.82) is 0 Å². The van der Waals surface area contributed by atoms with Gasteiger partial charge in [-0.2, -0.15) is 0 Å². The number of ether oxygens (including phenoxy) is 1. The second-order valence-corrected chi connectivity index (χ2v) is 3.67. The van der Waals surface area contributed by atoms with Crippen molar-refractivity contribution in [3.63, 3.8) is 0 Å². The standard InChI is InChI=1S/C12H15FO2/c1-8(7-14)9(2)11-6-10(13)4-5-12(11)15-3/h4-9H,1-3H3. The molecule has 82 valence electrons. The molecular formula is C12H15FO2. The van der Waals surface area contributed by atoms with Crippen molar-refractivity contribution in [3.05, 3.63) is 29.6 Å². The molecule has 0 heterocycles. The van der Waals surface area contributed by atoms with Crippen LogP contribution in [0.3, 0.4) is 0 Å². The Labute approximate surface area is 89.1 Å². The quantitative estimate of drug-likeness (QED) is 0.714. The van der Waals surface area contributed by atoms with Crippen molar-refractivity contribution in [1.82, 2.24) is 0 Å². The number of methoxy groups -OCH3 is 1. The Morgan fingerprint density at radius 3 is 2.60 bits per heavy atom. The van der Waals surface area contributed by atoms with E-state index in [1.807, 2.05) is 13.8 Å². The first-order chi connectivity index (χ1) is 7.10. The average Bonchev–Trinajstić information content (AvgIpc) is 2.27. The zero-order valence-corrected chi connectivity index (χ0v) is 9.16. The van der Waals surface area contributed by atoms with E-state index in [1.54, 1.807) is 6.07 Å². The maximum Gasteiger partial charge on any atom is 0.123 e. The molecule has 3 heteroatoms. The first-order valence-corrected chi connectivity index (χ1v) is 4.89. The van der Waals surface area contributed by atoms with E-state index in [0.717, 1.165) is 11.8 Å². The molecule has 1 aromatic carbocycles. The van der Waals surface area contributed by atoms with Crippen LogP contribution in [0.25, 0.3) is 0 Å². The normalized spacial score (nSPS) is 14.4. The van der Waals surface area contributed by atoms with Crippen LogP contribution in [0.1, 0.15) is 25.3 Å². The van der Waals surface area contributed by atoms with Gasteiger partial charge in [0.2, 0.25) is 0 Å². The van der Waals surface area contributed by atoms with E-state index in [0.29, 0.717) is 5.75 Å². The molecule has 2 unspecified atom stereocenters. The molecule has 1 aromatic rings. The van der Waals surface area contributed by atoms with Crippen LogP contribution in [0.15, 0.2) is 18.2 Å². The van der Waals surface area contributed by atoms with Gasteiger partial charge in [-0.1, -0.05) is 13.8 Å². The molecule has 15 heavy (non-hydrogen) atoms. The first kappa shape index (κ1) is 11.7. The number of carbonyl (C=O) groups excluding carboxylic acids is 1. The molecule has 1 rings (SSSR count). The Morgan fingerprint density at radius 1 is 1.40 bits per heavy atom. The minimum Gasteiger partial charge on any atom is -0.496 e. The molecule has 0 saturated carbocycles. The van der Waals surface area contributed by atoms with Gasteiger partial charge in [-0.25, -0.2) is 4.39 Å². The molecule has 0 fully saturated rings. The smallest absolute Gasteiger partial charge is 0.123 e. The van der Waals surface area contributed by atoms with Crippen molar-refractivity contribution < 1.29 is 13.9 Å². The summed E-state index contributed by atoms with van der Waals surface area (Å²) in [6, 6.07) is 4.35. The predicted octanol–water partition coefficient (Wildman–Crippen LogP) is 2.77. The summed E-state index contributed by atoms with van der Waals surface area (Å²) < 4.78 is 18.2. The average molecular weight is 210 g/mol. The second-order valence-electron chi connectivity index (χ2n) is 3.67. The fraction of sp³-hybridized carbons (Fsp3) is 0.417. The summed E-state index contributed by atoms with van der Waals surface area (Å²) in [6.07, 6.45) is 0.870. The van der Waals surface area contributed by atoms with Gasteiger partial charge >= 0.3 is 0 Å². The summed E-state index contributed by atoms with van der Waals surface area (Å²) in [5.41, 5.74) is 0.733. The SMILES string of the molecule is COc1ccc(F)cc1C(C)C(C)C=O. The number of aldehydes is 1. The van der Waals surface area contributed by atoms with E-state index < -0.39 is 0 Å². The monoisotopic (exact) mass is 210 g/mol. The topological polar surface area (TPSA) is 26.3 Å². The van der Waals surface area contributed by atoms with Crippen molar-refractivity contribution in [2.45, 2.75) is 19.8 Å². The minimum absolute atomic E-state index is 0.0480. The van der Waals surface area contributed by atoms with Crippen molar-refractivity contribution in [2.24, 2.45) is 5.92 Å². The Balaban J connectivity index is 3.10. The summed E-state index contributed by atoms with van der Waals surface area (Å²) in [5, 5.41) is 0. The molecule has 0 N–H and O–H groups in total. The maximum atomic E-state index is 13.1. The molecular weight excluding hydrogens is 195 g/mol. The third kappa shape index (κ3) is 2.55. The van der Waals surface area contributed by atoms with Crippen LogP contribution < -0.4 is 4.74 Å². The molecule has 0 aliphatic rings. The highest BCUT2D eigenvalue weighted by molar-refractivity contribution is 5.56. The zero-order valence-electron chi connectivity index (χ0n) is 9.16. The highest BCUT2D eigenvalue weighted by Gasteiger charge is 2.18. The van der Waals surface area contributed by atoms with Gasteiger partial charge in [0, 0.05) is 11.5 Å². The number of hydrogen-bond donors (Lipinski definition) is 0. The van der Waals surface area contributed by atoms with Gasteiger partial charge in [0.1, 0.15) is 17.9 Å². The van der Waals surface area contributed by atoms with Gasteiger partial charge in [0.25, 0.3) is 0 Å². The van der Waals surface area contributed by atoms with Gasteiger partial charge in [-0.3, -0.25) is 0 Å². The lowest BCUT2D eigenvalue weighted by atomic mass is 9.89. The summed E-state index contributed by atoms with van der Waals surface area (Å²) in [7, 11) is 1.54. The van der Waals surface area contributed by atoms with Crippen molar-refractivity contribution in [2.75, 3.05) is 7.11 Å². The third-order valence-corrected chi connectivity index (χ3v) is 2.69. The molecule has 0 spiro atoms. The Hall–Kier alpha value is -1.38. The number of rotatable bonds is 4. The largest absolute Gasteiger partial charge is 0.496 e. The molecule has 0 aliphatic carbocycles. The van der Waals surface area contributed by atoms with E-state index in [1.165, 1.54) is 19.2 Å². The van der Waals surface area contributed by atoms with Crippen LogP contribution in [-0.4, -0.2) is 13.4 Å². The second kappa shape index (κ2) is 4.91. The molecule has 0 radical (unpaired) electrons. The van der Waals surface area contributed by atoms with Crippen LogP contribution in [0.4, 0.5) is 4.39 Å². The van der Waals surface area contributed by atoms with Crippen LogP contribution in [0.5, 0.6) is 5.75 Å². The summed E-state index contributed by atoms with van der Waals surface area (Å²) in [6.45, 7) is 3.69. The molecule has 2 atom stereocenters. The molecule has 0 aliphatic heterocycles. The van der Waals surface area contributed by atoms with E-state index in [4.69, 9.17) is 4.74 Å². The van der Waals surface area contributed by atoms with E-state index in [-0.39, 0.29) is 17.7 Å². The lowest BCUT2D eigenvalue weighted by molar-refractivity contribution is -0.111. The van der Waals surface area contributed by atoms with Gasteiger partial charge < -0.3 is 9.53 Å². The van der Waals surface area contributed by atoms with Gasteiger partial charge in [0.15, 0.2) is 0 Å². The highest BCUT2D eigenvalue weighted by atomic mass is 19.1. The number of benzene rings is 1. The van der Waals surface area contributed by atoms with Crippen LogP contribution in [-0.2, 0) is 4.79 Å². The Kier molecular flexibility index (Phi) is 3.83. The molecule has 0 amide bonds. The van der Waals surface area contributed by atoms with Crippen LogP contribution in [0, 0.1) is 11.7 Å². The molecule has 0 aromatic heterocycles. The Morgan fingerprint density at radius 2 is 2.07 bits per heavy atom. The lowest BCUT2D eigenvalue weighted by Crippen LogP contribution is -2.09. The lowest BCUT2D eigenvalue weighted by Gasteiger charge is -2.18. The fourth-order valence-corrected chi connectivity index (χ4v) is 1.46. The Bertz CT molecular complexity index is 349. The van der Waals surface area contributed by atoms with Gasteiger partial charge in [0.05, 0.1) is 7.11 Å². The predicted molar refractivity (Wildman–Crippen MR) is 56.6 cm³/mol. The number of carbonyl (C=O) groups is 1. The molecule has 0 bridgehead atoms. The minimum atomic E-state index is -0.309. The summed E-state index contributed by atoms with van der Waals surface area (Å²) in [5.74, 6) is 0.113. The fourth-order valence-electron chi connectivity index (χ4n) is 1.46. The van der Waals surface area contributed by atoms with Gasteiger partial charge in [-0.05, 0) is 24.1 Å². The van der Waals surface area contributed by atoms with Crippen LogP contribution in [0.2, 0.25) is 0 Å². The maximum absolute atomic E-state index is 13.1. The summed E-state index contributed by atoms with van der Waals surface area (Å²) in [4.78, 5) is 10.7. The van der Waals surface area contributed by atoms with E-state index >= 15 is 0 Å². The molecule has 2 nitrogen and oxygen atoms in total. The number of hydrogen-bond acceptors (Lipinski definition) is 2.